The Morgan fingerprint density at radius 1 is 1.21 bits per heavy atom. The van der Waals surface area contributed by atoms with E-state index in [-0.39, 0.29) is 0 Å². The van der Waals surface area contributed by atoms with Crippen molar-refractivity contribution in [2.75, 3.05) is 5.73 Å². The molecular formula is C19H24N4O. The Labute approximate surface area is 141 Å². The van der Waals surface area contributed by atoms with Gasteiger partial charge in [-0.15, -0.1) is 0 Å². The number of nitrogens with two attached hydrogens (primary N) is 1. The van der Waals surface area contributed by atoms with E-state index < -0.39 is 0 Å². The third-order valence-electron chi connectivity index (χ3n) is 5.31. The average molecular weight is 324 g/mol. The van der Waals surface area contributed by atoms with Crippen LogP contribution in [0.1, 0.15) is 43.0 Å². The molecule has 24 heavy (non-hydrogen) atoms. The van der Waals surface area contributed by atoms with Gasteiger partial charge in [-0.1, -0.05) is 18.0 Å². The van der Waals surface area contributed by atoms with E-state index in [1.807, 2.05) is 19.9 Å². The first kappa shape index (κ1) is 15.2. The zero-order valence-corrected chi connectivity index (χ0v) is 14.6. The second-order valence-corrected chi connectivity index (χ2v) is 7.05. The maximum atomic E-state index is 6.33. The lowest BCUT2D eigenvalue weighted by atomic mass is 10.0. The molecule has 0 radical (unpaired) electrons. The average Bonchev–Trinajstić information content (AvgIpc) is 3.23. The van der Waals surface area contributed by atoms with Crippen molar-refractivity contribution in [3.05, 3.63) is 29.4 Å². The van der Waals surface area contributed by atoms with Crippen LogP contribution >= 0.6 is 0 Å². The van der Waals surface area contributed by atoms with Gasteiger partial charge in [-0.2, -0.15) is 0 Å². The zero-order chi connectivity index (χ0) is 16.8. The minimum atomic E-state index is 0.718. The second-order valence-electron chi connectivity index (χ2n) is 7.05. The lowest BCUT2D eigenvalue weighted by Crippen LogP contribution is -2.08. The van der Waals surface area contributed by atoms with Gasteiger partial charge in [0.15, 0.2) is 0 Å². The maximum absolute atomic E-state index is 6.33. The summed E-state index contributed by atoms with van der Waals surface area (Å²) < 4.78 is 7.67. The van der Waals surface area contributed by atoms with Crippen LogP contribution in [-0.4, -0.2) is 14.7 Å². The Kier molecular flexibility index (Phi) is 3.59. The van der Waals surface area contributed by atoms with Gasteiger partial charge in [-0.05, 0) is 57.2 Å². The molecule has 0 spiro atoms. The van der Waals surface area contributed by atoms with Gasteiger partial charge < -0.3 is 14.8 Å². The van der Waals surface area contributed by atoms with Crippen molar-refractivity contribution >= 4 is 16.7 Å². The van der Waals surface area contributed by atoms with Crippen molar-refractivity contribution in [1.82, 2.24) is 14.7 Å². The highest BCUT2D eigenvalue weighted by Crippen LogP contribution is 2.34. The fourth-order valence-corrected chi connectivity index (χ4v) is 4.09. The Bertz CT molecular complexity index is 880. The molecule has 2 N–H and O–H groups in total. The molecule has 5 nitrogen and oxygen atoms in total. The van der Waals surface area contributed by atoms with Gasteiger partial charge >= 0.3 is 0 Å². The van der Waals surface area contributed by atoms with Gasteiger partial charge in [-0.25, -0.2) is 4.98 Å². The van der Waals surface area contributed by atoms with Crippen molar-refractivity contribution in [1.29, 1.82) is 0 Å². The lowest BCUT2D eigenvalue weighted by molar-refractivity contribution is 0.393. The van der Waals surface area contributed by atoms with Gasteiger partial charge in [0.1, 0.15) is 17.1 Å². The Hall–Kier alpha value is -2.30. The van der Waals surface area contributed by atoms with Gasteiger partial charge in [0.25, 0.3) is 0 Å². The molecule has 3 aromatic rings. The summed E-state index contributed by atoms with van der Waals surface area (Å²) in [5, 5.41) is 4.07. The highest BCUT2D eigenvalue weighted by Gasteiger charge is 2.20. The third kappa shape index (κ3) is 2.39. The van der Waals surface area contributed by atoms with Crippen LogP contribution in [0.3, 0.4) is 0 Å². The molecular weight excluding hydrogens is 300 g/mol. The number of rotatable bonds is 3. The molecule has 0 aliphatic heterocycles. The predicted molar refractivity (Wildman–Crippen MR) is 95.8 cm³/mol. The first-order valence-corrected chi connectivity index (χ1v) is 8.74. The van der Waals surface area contributed by atoms with E-state index in [0.29, 0.717) is 0 Å². The molecule has 2 aromatic heterocycles. The topological polar surface area (TPSA) is 69.9 Å². The van der Waals surface area contributed by atoms with Crippen molar-refractivity contribution in [2.45, 2.75) is 53.0 Å². The fraction of sp³-hybridized carbons (Fsp3) is 0.474. The third-order valence-corrected chi connectivity index (χ3v) is 5.31. The highest BCUT2D eigenvalue weighted by molar-refractivity contribution is 5.93. The van der Waals surface area contributed by atoms with Crippen LogP contribution in [0.4, 0.5) is 5.69 Å². The van der Waals surface area contributed by atoms with Gasteiger partial charge in [0.2, 0.25) is 0 Å². The van der Waals surface area contributed by atoms with E-state index in [2.05, 4.69) is 22.7 Å². The Balaban J connectivity index is 1.86. The molecule has 1 fully saturated rings. The lowest BCUT2D eigenvalue weighted by Gasteiger charge is -2.13. The number of hydrogen-bond acceptors (Lipinski definition) is 4. The number of fused-ring (bicyclic) bond motifs is 1. The molecule has 0 atom stereocenters. The van der Waals surface area contributed by atoms with E-state index >= 15 is 0 Å². The van der Waals surface area contributed by atoms with Crippen LogP contribution in [0.25, 0.3) is 22.2 Å². The van der Waals surface area contributed by atoms with Crippen LogP contribution in [-0.2, 0) is 6.54 Å². The minimum Gasteiger partial charge on any atom is -0.397 e. The summed E-state index contributed by atoms with van der Waals surface area (Å²) in [5.74, 6) is 2.62. The Morgan fingerprint density at radius 3 is 2.62 bits per heavy atom. The largest absolute Gasteiger partial charge is 0.397 e. The minimum absolute atomic E-state index is 0.718. The molecule has 4 rings (SSSR count). The van der Waals surface area contributed by atoms with E-state index in [1.165, 1.54) is 25.7 Å². The van der Waals surface area contributed by atoms with E-state index in [4.69, 9.17) is 15.2 Å². The monoisotopic (exact) mass is 324 g/mol. The molecule has 5 heteroatoms. The molecule has 126 valence electrons. The Morgan fingerprint density at radius 2 is 1.96 bits per heavy atom. The summed E-state index contributed by atoms with van der Waals surface area (Å²) in [6, 6.07) is 4.17. The predicted octanol–water partition coefficient (Wildman–Crippen LogP) is 4.39. The summed E-state index contributed by atoms with van der Waals surface area (Å²) in [6.07, 6.45) is 5.34. The molecule has 2 heterocycles. The summed E-state index contributed by atoms with van der Waals surface area (Å²) >= 11 is 0. The number of benzene rings is 1. The molecule has 0 unspecified atom stereocenters. The molecule has 0 bridgehead atoms. The zero-order valence-electron chi connectivity index (χ0n) is 14.6. The summed E-state index contributed by atoms with van der Waals surface area (Å²) in [7, 11) is 0. The number of nitrogen functional groups attached to an aromatic ring is 1. The summed E-state index contributed by atoms with van der Waals surface area (Å²) in [6.45, 7) is 7.01. The molecule has 0 saturated heterocycles. The number of nitrogens with zero attached hydrogens (tertiary/aromatic N) is 3. The van der Waals surface area contributed by atoms with Crippen LogP contribution < -0.4 is 5.73 Å². The van der Waals surface area contributed by atoms with Gasteiger partial charge in [0.05, 0.1) is 16.9 Å². The smallest absolute Gasteiger partial charge is 0.141 e. The second kappa shape index (κ2) is 5.65. The normalized spacial score (nSPS) is 15.6. The van der Waals surface area contributed by atoms with E-state index in [0.717, 1.165) is 57.6 Å². The first-order valence-electron chi connectivity index (χ1n) is 8.74. The van der Waals surface area contributed by atoms with Crippen LogP contribution in [0.5, 0.6) is 0 Å². The van der Waals surface area contributed by atoms with Crippen molar-refractivity contribution < 1.29 is 4.52 Å². The van der Waals surface area contributed by atoms with Crippen LogP contribution in [0.15, 0.2) is 16.7 Å². The number of imidazole rings is 1. The van der Waals surface area contributed by atoms with Crippen molar-refractivity contribution in [3.63, 3.8) is 0 Å². The van der Waals surface area contributed by atoms with Crippen LogP contribution in [0.2, 0.25) is 0 Å². The summed E-state index contributed by atoms with van der Waals surface area (Å²) in [4.78, 5) is 4.72. The highest BCUT2D eigenvalue weighted by atomic mass is 16.5. The fourth-order valence-electron chi connectivity index (χ4n) is 4.09. The van der Waals surface area contributed by atoms with Crippen molar-refractivity contribution in [2.24, 2.45) is 5.92 Å². The number of hydrogen-bond donors (Lipinski definition) is 1. The maximum Gasteiger partial charge on any atom is 0.141 e. The van der Waals surface area contributed by atoms with Gasteiger partial charge in [-0.3, -0.25) is 0 Å². The van der Waals surface area contributed by atoms with E-state index in [9.17, 15) is 0 Å². The standard InChI is InChI=1S/C19H24N4O/c1-11-18(12(2)24-22-11)15-8-16(20)19-17(9-15)23(13(3)21-19)10-14-6-4-5-7-14/h8-9,14H,4-7,10,20H2,1-3H3. The van der Waals surface area contributed by atoms with E-state index in [1.54, 1.807) is 0 Å². The molecule has 0 amide bonds. The SMILES string of the molecule is Cc1noc(C)c1-c1cc(N)c2nc(C)n(CC3CCCC3)c2c1. The molecule has 1 aromatic carbocycles. The van der Waals surface area contributed by atoms with Crippen molar-refractivity contribution in [3.8, 4) is 11.1 Å². The summed E-state index contributed by atoms with van der Waals surface area (Å²) in [5.41, 5.74) is 12.1. The quantitative estimate of drug-likeness (QED) is 0.725. The molecule has 1 saturated carbocycles. The molecule has 1 aliphatic carbocycles. The number of aromatic nitrogens is 3. The van der Waals surface area contributed by atoms with Crippen LogP contribution in [0, 0.1) is 26.7 Å². The number of anilines is 1. The molecule has 1 aliphatic rings. The number of aryl methyl sites for hydroxylation is 3. The first-order chi connectivity index (χ1) is 11.5. The van der Waals surface area contributed by atoms with Gasteiger partial charge in [0, 0.05) is 12.1 Å².